The van der Waals surface area contributed by atoms with Crippen LogP contribution in [0.2, 0.25) is 0 Å². The zero-order valence-electron chi connectivity index (χ0n) is 20.8. The molecule has 0 fully saturated rings. The lowest BCUT2D eigenvalue weighted by atomic mass is 9.76. The number of allylic oxidation sites excluding steroid dienone is 2. The second kappa shape index (κ2) is 8.94. The number of anilines is 2. The van der Waals surface area contributed by atoms with E-state index in [0.29, 0.717) is 0 Å². The van der Waals surface area contributed by atoms with Crippen molar-refractivity contribution in [1.29, 1.82) is 0 Å². The Morgan fingerprint density at radius 3 is 2.32 bits per heavy atom. The summed E-state index contributed by atoms with van der Waals surface area (Å²) in [7, 11) is -4.09. The van der Waals surface area contributed by atoms with Crippen molar-refractivity contribution >= 4 is 21.4 Å². The summed E-state index contributed by atoms with van der Waals surface area (Å²) in [5.74, 6) is 0.259. The zero-order valence-corrected chi connectivity index (χ0v) is 21.6. The maximum absolute atomic E-state index is 13.1. The van der Waals surface area contributed by atoms with Crippen molar-refractivity contribution in [3.05, 3.63) is 101 Å². The van der Waals surface area contributed by atoms with Gasteiger partial charge >= 0.3 is 6.18 Å². The highest BCUT2D eigenvalue weighted by molar-refractivity contribution is 7.92. The number of alkyl halides is 3. The first-order valence-electron chi connectivity index (χ1n) is 12.2. The van der Waals surface area contributed by atoms with Gasteiger partial charge in [0.05, 0.1) is 16.5 Å². The first-order valence-corrected chi connectivity index (χ1v) is 13.7. The molecule has 0 unspecified atom stereocenters. The fourth-order valence-corrected chi connectivity index (χ4v) is 6.32. The van der Waals surface area contributed by atoms with Crippen molar-refractivity contribution in [2.75, 3.05) is 10.0 Å². The number of sulfonamides is 1. The third kappa shape index (κ3) is 4.99. The molecule has 0 amide bonds. The number of fused-ring (bicyclic) bond motifs is 3. The average molecular weight is 527 g/mol. The van der Waals surface area contributed by atoms with E-state index in [1.807, 2.05) is 0 Å². The van der Waals surface area contributed by atoms with Crippen LogP contribution < -0.4 is 10.0 Å². The molecule has 2 aliphatic rings. The number of hydrogen-bond acceptors (Lipinski definition) is 3. The molecule has 1 heterocycles. The second-order valence-corrected chi connectivity index (χ2v) is 12.5. The Bertz CT molecular complexity index is 1460. The molecule has 0 saturated heterocycles. The summed E-state index contributed by atoms with van der Waals surface area (Å²) in [5.41, 5.74) is 3.18. The zero-order chi connectivity index (χ0) is 26.6. The normalized spacial score (nSPS) is 21.2. The van der Waals surface area contributed by atoms with Gasteiger partial charge in [0, 0.05) is 17.3 Å². The Morgan fingerprint density at radius 1 is 0.919 bits per heavy atom. The summed E-state index contributed by atoms with van der Waals surface area (Å²) >= 11 is 0. The van der Waals surface area contributed by atoms with E-state index in [0.717, 1.165) is 29.8 Å². The van der Waals surface area contributed by atoms with Gasteiger partial charge in [0.25, 0.3) is 10.0 Å². The Morgan fingerprint density at radius 2 is 1.65 bits per heavy atom. The van der Waals surface area contributed by atoms with E-state index >= 15 is 0 Å². The van der Waals surface area contributed by atoms with Gasteiger partial charge in [0.2, 0.25) is 0 Å². The lowest BCUT2D eigenvalue weighted by Gasteiger charge is -2.38. The molecule has 0 radical (unpaired) electrons. The number of hydrogen-bond donors (Lipinski definition) is 2. The van der Waals surface area contributed by atoms with Crippen LogP contribution in [0.15, 0.2) is 83.8 Å². The monoisotopic (exact) mass is 526 g/mol. The van der Waals surface area contributed by atoms with E-state index in [2.05, 4.69) is 67.2 Å². The third-order valence-corrected chi connectivity index (χ3v) is 8.60. The minimum absolute atomic E-state index is 0.0116. The Kier molecular flexibility index (Phi) is 6.14. The highest BCUT2D eigenvalue weighted by atomic mass is 32.2. The van der Waals surface area contributed by atoms with Crippen LogP contribution in [0.25, 0.3) is 0 Å². The van der Waals surface area contributed by atoms with Gasteiger partial charge in [0.15, 0.2) is 0 Å². The SMILES string of the molecule is CC(C)(C)c1ccc([C@H]2Nc3ccc(S(=O)(=O)Nc4cccc(C(F)(F)F)c4)cc3[C@H]3C=CC[C@H]32)cc1. The molecule has 1 aliphatic carbocycles. The van der Waals surface area contributed by atoms with Crippen LogP contribution in [0.4, 0.5) is 24.5 Å². The van der Waals surface area contributed by atoms with Crippen molar-refractivity contribution in [3.63, 3.8) is 0 Å². The molecule has 194 valence electrons. The minimum Gasteiger partial charge on any atom is -0.378 e. The van der Waals surface area contributed by atoms with Gasteiger partial charge in [-0.1, -0.05) is 63.3 Å². The van der Waals surface area contributed by atoms with Crippen molar-refractivity contribution < 1.29 is 21.6 Å². The average Bonchev–Trinajstić information content (AvgIpc) is 3.32. The van der Waals surface area contributed by atoms with Gasteiger partial charge in [-0.2, -0.15) is 13.2 Å². The molecule has 0 bridgehead atoms. The predicted octanol–water partition coefficient (Wildman–Crippen LogP) is 7.63. The molecule has 0 aromatic heterocycles. The van der Waals surface area contributed by atoms with Gasteiger partial charge in [-0.15, -0.1) is 0 Å². The number of halogens is 3. The highest BCUT2D eigenvalue weighted by Gasteiger charge is 2.38. The number of nitrogens with one attached hydrogen (secondary N) is 2. The standard InChI is InChI=1S/C29H29F3N2O2S/c1-28(2,3)19-12-10-18(11-13-19)27-24-9-5-8-23(24)25-17-22(14-15-26(25)33-27)37(35,36)34-21-7-4-6-20(16-21)29(30,31)32/h4-8,10-17,23-24,27,33-34H,9H2,1-3H3/t23-,24+,27+/m0/s1. The molecule has 2 N–H and O–H groups in total. The van der Waals surface area contributed by atoms with Crippen molar-refractivity contribution in [2.24, 2.45) is 5.92 Å². The summed E-state index contributed by atoms with van der Waals surface area (Å²) < 4.78 is 67.7. The molecule has 0 spiro atoms. The molecular weight excluding hydrogens is 497 g/mol. The lowest BCUT2D eigenvalue weighted by molar-refractivity contribution is -0.137. The van der Waals surface area contributed by atoms with Crippen LogP contribution in [0.5, 0.6) is 0 Å². The van der Waals surface area contributed by atoms with E-state index in [-0.39, 0.29) is 33.9 Å². The van der Waals surface area contributed by atoms with E-state index in [4.69, 9.17) is 0 Å². The molecule has 3 atom stereocenters. The van der Waals surface area contributed by atoms with E-state index in [1.165, 1.54) is 29.3 Å². The smallest absolute Gasteiger partial charge is 0.378 e. The van der Waals surface area contributed by atoms with Crippen molar-refractivity contribution in [3.8, 4) is 0 Å². The Hall–Kier alpha value is -3.26. The summed E-state index contributed by atoms with van der Waals surface area (Å²) in [6.45, 7) is 6.55. The second-order valence-electron chi connectivity index (χ2n) is 10.8. The van der Waals surface area contributed by atoms with Gasteiger partial charge in [0.1, 0.15) is 0 Å². The lowest BCUT2D eigenvalue weighted by Crippen LogP contribution is -2.29. The topological polar surface area (TPSA) is 58.2 Å². The van der Waals surface area contributed by atoms with Crippen LogP contribution in [-0.2, 0) is 21.6 Å². The van der Waals surface area contributed by atoms with Gasteiger partial charge in [-0.3, -0.25) is 4.72 Å². The summed E-state index contributed by atoms with van der Waals surface area (Å²) in [6.07, 6.45) is 0.552. The molecule has 8 heteroatoms. The molecule has 37 heavy (non-hydrogen) atoms. The molecule has 4 nitrogen and oxygen atoms in total. The molecule has 3 aromatic rings. The first kappa shape index (κ1) is 25.4. The Balaban J connectivity index is 1.44. The van der Waals surface area contributed by atoms with E-state index in [1.54, 1.807) is 12.1 Å². The van der Waals surface area contributed by atoms with Gasteiger partial charge < -0.3 is 5.32 Å². The predicted molar refractivity (Wildman–Crippen MR) is 140 cm³/mol. The molecule has 0 saturated carbocycles. The number of rotatable bonds is 4. The third-order valence-electron chi connectivity index (χ3n) is 7.22. The van der Waals surface area contributed by atoms with Crippen molar-refractivity contribution in [1.82, 2.24) is 0 Å². The van der Waals surface area contributed by atoms with Crippen molar-refractivity contribution in [2.45, 2.75) is 55.6 Å². The van der Waals surface area contributed by atoms with E-state index < -0.39 is 21.8 Å². The Labute approximate surface area is 215 Å². The maximum atomic E-state index is 13.1. The quantitative estimate of drug-likeness (QED) is 0.344. The van der Waals surface area contributed by atoms with Crippen LogP contribution in [0.3, 0.4) is 0 Å². The first-order chi connectivity index (χ1) is 17.3. The summed E-state index contributed by atoms with van der Waals surface area (Å²) in [5, 5.41) is 3.62. The van der Waals surface area contributed by atoms with Gasteiger partial charge in [-0.25, -0.2) is 8.42 Å². The van der Waals surface area contributed by atoms with Crippen LogP contribution >= 0.6 is 0 Å². The van der Waals surface area contributed by atoms with Crippen LogP contribution in [0, 0.1) is 5.92 Å². The molecule has 5 rings (SSSR count). The fourth-order valence-electron chi connectivity index (χ4n) is 5.23. The molecule has 3 aromatic carbocycles. The number of benzene rings is 3. The van der Waals surface area contributed by atoms with E-state index in [9.17, 15) is 21.6 Å². The molecular formula is C29H29F3N2O2S. The van der Waals surface area contributed by atoms with Gasteiger partial charge in [-0.05, 0) is 70.8 Å². The maximum Gasteiger partial charge on any atom is 0.416 e. The summed E-state index contributed by atoms with van der Waals surface area (Å²) in [6, 6.07) is 17.8. The highest BCUT2D eigenvalue weighted by Crippen LogP contribution is 2.50. The molecule has 1 aliphatic heterocycles. The largest absolute Gasteiger partial charge is 0.416 e. The van der Waals surface area contributed by atoms with Crippen LogP contribution in [-0.4, -0.2) is 8.42 Å². The summed E-state index contributed by atoms with van der Waals surface area (Å²) in [4.78, 5) is 0.0116. The fraction of sp³-hybridized carbons (Fsp3) is 0.310. The minimum atomic E-state index is -4.56. The van der Waals surface area contributed by atoms with Crippen LogP contribution in [0.1, 0.15) is 61.4 Å².